The van der Waals surface area contributed by atoms with E-state index in [2.05, 4.69) is 64.8 Å². The van der Waals surface area contributed by atoms with Crippen molar-refractivity contribution < 1.29 is 4.74 Å². The minimum Gasteiger partial charge on any atom is -0.497 e. The summed E-state index contributed by atoms with van der Waals surface area (Å²) in [7, 11) is 1.66. The molecule has 0 aliphatic rings. The monoisotopic (exact) mass is 363 g/mol. The van der Waals surface area contributed by atoms with Crippen molar-refractivity contribution in [3.05, 3.63) is 65.4 Å². The van der Waals surface area contributed by atoms with Gasteiger partial charge < -0.3 is 15.4 Å². The Hall–Kier alpha value is -3.15. The van der Waals surface area contributed by atoms with Gasteiger partial charge in [-0.3, -0.25) is 0 Å². The maximum Gasteiger partial charge on any atom is 0.244 e. The number of hydrogen-bond donors (Lipinski definition) is 2. The van der Waals surface area contributed by atoms with E-state index in [-0.39, 0.29) is 0 Å². The van der Waals surface area contributed by atoms with Crippen molar-refractivity contribution in [1.82, 2.24) is 15.2 Å². The Kier molecular flexibility index (Phi) is 5.86. The molecule has 3 rings (SSSR count). The van der Waals surface area contributed by atoms with Crippen LogP contribution in [0.3, 0.4) is 0 Å². The van der Waals surface area contributed by atoms with Gasteiger partial charge in [0, 0.05) is 12.2 Å². The molecule has 1 heterocycles. The van der Waals surface area contributed by atoms with Gasteiger partial charge in [0.25, 0.3) is 0 Å². The van der Waals surface area contributed by atoms with E-state index in [0.29, 0.717) is 24.2 Å². The Morgan fingerprint density at radius 1 is 1.07 bits per heavy atom. The number of rotatable bonds is 7. The summed E-state index contributed by atoms with van der Waals surface area (Å²) in [5.74, 6) is 2.39. The SMILES string of the molecule is COc1ccc(CNc2nncc(Nc3c(C)cccc3C(C)C)n2)cc1. The Bertz CT molecular complexity index is 893. The quantitative estimate of drug-likeness (QED) is 0.636. The molecule has 6 heteroatoms. The maximum absolute atomic E-state index is 5.18. The predicted molar refractivity (Wildman–Crippen MR) is 109 cm³/mol. The van der Waals surface area contributed by atoms with Crippen LogP contribution in [0.1, 0.15) is 36.5 Å². The summed E-state index contributed by atoms with van der Waals surface area (Å²) in [6.07, 6.45) is 1.63. The molecule has 1 aromatic heterocycles. The molecule has 6 nitrogen and oxygen atoms in total. The molecule has 140 valence electrons. The van der Waals surface area contributed by atoms with Gasteiger partial charge in [-0.15, -0.1) is 5.10 Å². The van der Waals surface area contributed by atoms with Crippen LogP contribution in [0.4, 0.5) is 17.5 Å². The van der Waals surface area contributed by atoms with Crippen LogP contribution in [0.15, 0.2) is 48.7 Å². The second-order valence-corrected chi connectivity index (χ2v) is 6.69. The molecule has 3 aromatic rings. The van der Waals surface area contributed by atoms with E-state index in [4.69, 9.17) is 4.74 Å². The molecular weight excluding hydrogens is 338 g/mol. The number of ether oxygens (including phenoxy) is 1. The molecule has 0 saturated carbocycles. The molecule has 0 radical (unpaired) electrons. The van der Waals surface area contributed by atoms with Crippen molar-refractivity contribution >= 4 is 17.5 Å². The number of hydrogen-bond acceptors (Lipinski definition) is 6. The predicted octanol–water partition coefficient (Wildman–Crippen LogP) is 4.67. The molecule has 2 N–H and O–H groups in total. The van der Waals surface area contributed by atoms with Gasteiger partial charge in [0.2, 0.25) is 5.95 Å². The molecule has 27 heavy (non-hydrogen) atoms. The molecule has 0 spiro atoms. The lowest BCUT2D eigenvalue weighted by molar-refractivity contribution is 0.414. The summed E-state index contributed by atoms with van der Waals surface area (Å²) in [4.78, 5) is 4.54. The highest BCUT2D eigenvalue weighted by atomic mass is 16.5. The van der Waals surface area contributed by atoms with Gasteiger partial charge >= 0.3 is 0 Å². The van der Waals surface area contributed by atoms with Crippen LogP contribution >= 0.6 is 0 Å². The number of aryl methyl sites for hydroxylation is 1. The van der Waals surface area contributed by atoms with Crippen molar-refractivity contribution in [1.29, 1.82) is 0 Å². The normalized spacial score (nSPS) is 10.7. The van der Waals surface area contributed by atoms with Crippen molar-refractivity contribution in [3.8, 4) is 5.75 Å². The van der Waals surface area contributed by atoms with Crippen LogP contribution < -0.4 is 15.4 Å². The summed E-state index contributed by atoms with van der Waals surface area (Å²) in [6, 6.07) is 14.2. The van der Waals surface area contributed by atoms with E-state index in [1.807, 2.05) is 24.3 Å². The van der Waals surface area contributed by atoms with Gasteiger partial charge in [-0.25, -0.2) is 0 Å². The zero-order valence-electron chi connectivity index (χ0n) is 16.2. The molecule has 0 unspecified atom stereocenters. The standard InChI is InChI=1S/C21H25N5O/c1-14(2)18-7-5-6-15(3)20(18)24-19-13-23-26-21(25-19)22-12-16-8-10-17(27-4)11-9-16/h5-11,13-14H,12H2,1-4H3,(H2,22,24,25,26). The first-order valence-corrected chi connectivity index (χ1v) is 9.00. The van der Waals surface area contributed by atoms with Gasteiger partial charge in [0.05, 0.1) is 13.3 Å². The molecule has 0 amide bonds. The molecule has 0 saturated heterocycles. The van der Waals surface area contributed by atoms with Crippen LogP contribution in [-0.4, -0.2) is 22.3 Å². The van der Waals surface area contributed by atoms with Gasteiger partial charge in [0.1, 0.15) is 5.75 Å². The number of benzene rings is 2. The highest BCUT2D eigenvalue weighted by Gasteiger charge is 2.10. The summed E-state index contributed by atoms with van der Waals surface area (Å²) in [6.45, 7) is 7.06. The number of para-hydroxylation sites is 1. The molecule has 0 aliphatic heterocycles. The van der Waals surface area contributed by atoms with Crippen LogP contribution in [0.25, 0.3) is 0 Å². The first kappa shape index (κ1) is 18.6. The molecule has 0 fully saturated rings. The highest BCUT2D eigenvalue weighted by Crippen LogP contribution is 2.29. The minimum absolute atomic E-state index is 0.412. The van der Waals surface area contributed by atoms with Gasteiger partial charge in [0.15, 0.2) is 5.82 Å². The third-order valence-corrected chi connectivity index (χ3v) is 4.35. The lowest BCUT2D eigenvalue weighted by Gasteiger charge is -2.16. The van der Waals surface area contributed by atoms with E-state index in [1.54, 1.807) is 13.3 Å². The average Bonchev–Trinajstić information content (AvgIpc) is 2.68. The van der Waals surface area contributed by atoms with Crippen molar-refractivity contribution in [2.24, 2.45) is 0 Å². The summed E-state index contributed by atoms with van der Waals surface area (Å²) >= 11 is 0. The van der Waals surface area contributed by atoms with E-state index in [0.717, 1.165) is 17.0 Å². The lowest BCUT2D eigenvalue weighted by atomic mass is 9.98. The summed E-state index contributed by atoms with van der Waals surface area (Å²) < 4.78 is 5.18. The third-order valence-electron chi connectivity index (χ3n) is 4.35. The lowest BCUT2D eigenvalue weighted by Crippen LogP contribution is -2.07. The van der Waals surface area contributed by atoms with Crippen molar-refractivity contribution in [3.63, 3.8) is 0 Å². The fraction of sp³-hybridized carbons (Fsp3) is 0.286. The summed E-state index contributed by atoms with van der Waals surface area (Å²) in [5, 5.41) is 14.8. The van der Waals surface area contributed by atoms with Crippen LogP contribution in [-0.2, 0) is 6.54 Å². The average molecular weight is 363 g/mol. The molecule has 0 atom stereocenters. The van der Waals surface area contributed by atoms with Crippen molar-refractivity contribution in [2.45, 2.75) is 33.2 Å². The fourth-order valence-electron chi connectivity index (χ4n) is 2.83. The van der Waals surface area contributed by atoms with Crippen LogP contribution in [0.2, 0.25) is 0 Å². The van der Waals surface area contributed by atoms with Crippen LogP contribution in [0.5, 0.6) is 5.75 Å². The van der Waals surface area contributed by atoms with Crippen LogP contribution in [0, 0.1) is 6.92 Å². The fourth-order valence-corrected chi connectivity index (χ4v) is 2.83. The first-order valence-electron chi connectivity index (χ1n) is 9.00. The number of nitrogens with zero attached hydrogens (tertiary/aromatic N) is 3. The zero-order chi connectivity index (χ0) is 19.2. The smallest absolute Gasteiger partial charge is 0.244 e. The molecule has 0 aliphatic carbocycles. The second kappa shape index (κ2) is 8.49. The Morgan fingerprint density at radius 3 is 2.56 bits per heavy atom. The van der Waals surface area contributed by atoms with E-state index < -0.39 is 0 Å². The number of methoxy groups -OCH3 is 1. The highest BCUT2D eigenvalue weighted by molar-refractivity contribution is 5.65. The maximum atomic E-state index is 5.18. The third kappa shape index (κ3) is 4.73. The first-order chi connectivity index (χ1) is 13.1. The van der Waals surface area contributed by atoms with E-state index in [1.165, 1.54) is 11.1 Å². The number of anilines is 3. The minimum atomic E-state index is 0.412. The summed E-state index contributed by atoms with van der Waals surface area (Å²) in [5.41, 5.74) is 4.61. The Labute approximate surface area is 160 Å². The molecule has 0 bridgehead atoms. The van der Waals surface area contributed by atoms with Gasteiger partial charge in [-0.2, -0.15) is 10.1 Å². The van der Waals surface area contributed by atoms with Crippen molar-refractivity contribution in [2.75, 3.05) is 17.7 Å². The van der Waals surface area contributed by atoms with E-state index in [9.17, 15) is 0 Å². The largest absolute Gasteiger partial charge is 0.497 e. The second-order valence-electron chi connectivity index (χ2n) is 6.69. The Balaban J connectivity index is 1.72. The van der Waals surface area contributed by atoms with E-state index >= 15 is 0 Å². The topological polar surface area (TPSA) is 72.0 Å². The number of nitrogens with one attached hydrogen (secondary N) is 2. The number of aromatic nitrogens is 3. The van der Waals surface area contributed by atoms with Gasteiger partial charge in [-0.1, -0.05) is 44.2 Å². The molecule has 2 aromatic carbocycles. The molecular formula is C21H25N5O. The zero-order valence-corrected chi connectivity index (χ0v) is 16.2. The van der Waals surface area contributed by atoms with Gasteiger partial charge in [-0.05, 0) is 41.7 Å². The Morgan fingerprint density at radius 2 is 1.85 bits per heavy atom.